The lowest BCUT2D eigenvalue weighted by molar-refractivity contribution is 0.0322. The first-order chi connectivity index (χ1) is 14.7. The molecule has 1 fully saturated rings. The molecular formula is C22H31ClIN5O2. The van der Waals surface area contributed by atoms with Gasteiger partial charge < -0.3 is 20.1 Å². The Kier molecular flexibility index (Phi) is 11.9. The van der Waals surface area contributed by atoms with Crippen molar-refractivity contribution in [2.75, 3.05) is 53.0 Å². The molecule has 0 atom stereocenters. The van der Waals surface area contributed by atoms with Gasteiger partial charge in [-0.1, -0.05) is 35.9 Å². The highest BCUT2D eigenvalue weighted by molar-refractivity contribution is 14.0. The summed E-state index contributed by atoms with van der Waals surface area (Å²) in [5.41, 5.74) is 2.23. The summed E-state index contributed by atoms with van der Waals surface area (Å²) in [5, 5.41) is 7.19. The van der Waals surface area contributed by atoms with Crippen LogP contribution in [0.5, 0.6) is 5.75 Å². The van der Waals surface area contributed by atoms with Crippen molar-refractivity contribution in [1.29, 1.82) is 0 Å². The Bertz CT molecular complexity index is 801. The maximum Gasteiger partial charge on any atom is 0.191 e. The summed E-state index contributed by atoms with van der Waals surface area (Å²) in [6.45, 7) is 6.52. The molecule has 0 amide bonds. The molecule has 0 bridgehead atoms. The van der Waals surface area contributed by atoms with Gasteiger partial charge in [-0.25, -0.2) is 4.98 Å². The van der Waals surface area contributed by atoms with Gasteiger partial charge in [-0.2, -0.15) is 0 Å². The highest BCUT2D eigenvalue weighted by Gasteiger charge is 2.11. The van der Waals surface area contributed by atoms with Gasteiger partial charge in [-0.3, -0.25) is 9.89 Å². The van der Waals surface area contributed by atoms with Crippen LogP contribution in [-0.4, -0.2) is 68.9 Å². The molecule has 2 N–H and O–H groups in total. The third-order valence-corrected chi connectivity index (χ3v) is 5.13. The van der Waals surface area contributed by atoms with Crippen LogP contribution in [-0.2, 0) is 17.7 Å². The van der Waals surface area contributed by atoms with Gasteiger partial charge in [0.2, 0.25) is 0 Å². The van der Waals surface area contributed by atoms with E-state index in [-0.39, 0.29) is 24.0 Å². The molecular weight excluding hydrogens is 529 g/mol. The Hall–Kier alpha value is -1.62. The normalized spacial score (nSPS) is 14.6. The van der Waals surface area contributed by atoms with Gasteiger partial charge in [-0.15, -0.1) is 24.0 Å². The van der Waals surface area contributed by atoms with Crippen molar-refractivity contribution < 1.29 is 9.47 Å². The molecule has 0 radical (unpaired) electrons. The largest absolute Gasteiger partial charge is 0.492 e. The molecule has 0 spiro atoms. The number of morpholine rings is 1. The fraction of sp³-hybridized carbons (Fsp3) is 0.455. The number of nitrogens with one attached hydrogen (secondary N) is 2. The molecule has 2 aromatic rings. The zero-order valence-electron chi connectivity index (χ0n) is 17.8. The average Bonchev–Trinajstić information content (AvgIpc) is 2.79. The minimum Gasteiger partial charge on any atom is -0.492 e. The first kappa shape index (κ1) is 25.6. The number of benzene rings is 1. The number of halogens is 2. The van der Waals surface area contributed by atoms with Crippen molar-refractivity contribution in [3.8, 4) is 5.75 Å². The molecule has 1 aliphatic heterocycles. The Morgan fingerprint density at radius 2 is 2.00 bits per heavy atom. The number of pyridine rings is 1. The van der Waals surface area contributed by atoms with Crippen LogP contribution in [0.3, 0.4) is 0 Å². The molecule has 3 rings (SSSR count). The summed E-state index contributed by atoms with van der Waals surface area (Å²) in [7, 11) is 1.77. The molecule has 1 aromatic carbocycles. The van der Waals surface area contributed by atoms with Crippen LogP contribution >= 0.6 is 35.6 Å². The van der Waals surface area contributed by atoms with E-state index < -0.39 is 0 Å². The lowest BCUT2D eigenvalue weighted by atomic mass is 10.2. The Morgan fingerprint density at radius 3 is 2.74 bits per heavy atom. The van der Waals surface area contributed by atoms with E-state index >= 15 is 0 Å². The second-order valence-electron chi connectivity index (χ2n) is 7.00. The van der Waals surface area contributed by atoms with Crippen LogP contribution in [0.4, 0.5) is 0 Å². The van der Waals surface area contributed by atoms with Crippen molar-refractivity contribution in [1.82, 2.24) is 20.5 Å². The van der Waals surface area contributed by atoms with E-state index in [1.165, 1.54) is 0 Å². The maximum atomic E-state index is 6.05. The summed E-state index contributed by atoms with van der Waals surface area (Å²) >= 11 is 5.83. The summed E-state index contributed by atoms with van der Waals surface area (Å²) in [6.07, 6.45) is 2.64. The molecule has 9 heteroatoms. The standard InChI is InChI=1S/C22H30ClN5O2.HI/c1-24-22(25-9-8-18-6-7-21(23)26-16-18)27-17-19-4-2-3-5-20(19)30-15-12-28-10-13-29-14-11-28;/h2-7,16H,8-15,17H2,1H3,(H2,24,25,27);1H. The fourth-order valence-electron chi connectivity index (χ4n) is 3.18. The van der Waals surface area contributed by atoms with Gasteiger partial charge in [0.15, 0.2) is 5.96 Å². The number of rotatable bonds is 9. The number of hydrogen-bond donors (Lipinski definition) is 2. The summed E-state index contributed by atoms with van der Waals surface area (Å²) in [5.74, 6) is 1.65. The number of aliphatic imine (C=N–C) groups is 1. The topological polar surface area (TPSA) is 71.0 Å². The van der Waals surface area contributed by atoms with Crippen molar-refractivity contribution in [3.63, 3.8) is 0 Å². The molecule has 1 aliphatic rings. The number of nitrogens with zero attached hydrogens (tertiary/aromatic N) is 3. The van der Waals surface area contributed by atoms with Gasteiger partial charge in [0.05, 0.1) is 13.2 Å². The van der Waals surface area contributed by atoms with Gasteiger partial charge in [0.25, 0.3) is 0 Å². The molecule has 1 saturated heterocycles. The highest BCUT2D eigenvalue weighted by Crippen LogP contribution is 2.17. The monoisotopic (exact) mass is 559 g/mol. The quantitative estimate of drug-likeness (QED) is 0.213. The van der Waals surface area contributed by atoms with E-state index in [1.54, 1.807) is 19.3 Å². The van der Waals surface area contributed by atoms with E-state index in [2.05, 4.69) is 31.6 Å². The van der Waals surface area contributed by atoms with Crippen molar-refractivity contribution in [2.24, 2.45) is 4.99 Å². The molecule has 0 unspecified atom stereocenters. The first-order valence-electron chi connectivity index (χ1n) is 10.3. The summed E-state index contributed by atoms with van der Waals surface area (Å²) < 4.78 is 11.4. The molecule has 0 aliphatic carbocycles. The van der Waals surface area contributed by atoms with Gasteiger partial charge in [-0.05, 0) is 24.1 Å². The fourth-order valence-corrected chi connectivity index (χ4v) is 3.29. The third-order valence-electron chi connectivity index (χ3n) is 4.91. The van der Waals surface area contributed by atoms with Gasteiger partial charge in [0.1, 0.15) is 17.5 Å². The summed E-state index contributed by atoms with van der Waals surface area (Å²) in [6, 6.07) is 11.9. The molecule has 31 heavy (non-hydrogen) atoms. The van der Waals surface area contributed by atoms with E-state index in [1.807, 2.05) is 24.3 Å². The van der Waals surface area contributed by atoms with Crippen LogP contribution in [0, 0.1) is 0 Å². The van der Waals surface area contributed by atoms with Crippen LogP contribution < -0.4 is 15.4 Å². The Morgan fingerprint density at radius 1 is 1.19 bits per heavy atom. The van der Waals surface area contributed by atoms with Gasteiger partial charge in [0, 0.05) is 51.5 Å². The Balaban J connectivity index is 0.00000341. The molecule has 7 nitrogen and oxygen atoms in total. The number of aromatic nitrogens is 1. The number of ether oxygens (including phenoxy) is 2. The van der Waals surface area contributed by atoms with E-state index in [4.69, 9.17) is 21.1 Å². The predicted octanol–water partition coefficient (Wildman–Crippen LogP) is 2.97. The minimum absolute atomic E-state index is 0. The van der Waals surface area contributed by atoms with Crippen LogP contribution in [0.2, 0.25) is 5.15 Å². The third kappa shape index (κ3) is 9.18. The van der Waals surface area contributed by atoms with E-state index in [9.17, 15) is 0 Å². The second kappa shape index (κ2) is 14.4. The SMILES string of the molecule is CN=C(NCCc1ccc(Cl)nc1)NCc1ccccc1OCCN1CCOCC1.I. The van der Waals surface area contributed by atoms with Crippen molar-refractivity contribution in [2.45, 2.75) is 13.0 Å². The maximum absolute atomic E-state index is 6.05. The average molecular weight is 560 g/mol. The molecule has 170 valence electrons. The summed E-state index contributed by atoms with van der Waals surface area (Å²) in [4.78, 5) is 10.8. The number of guanidine groups is 1. The van der Waals surface area contributed by atoms with Crippen LogP contribution in [0.1, 0.15) is 11.1 Å². The zero-order valence-corrected chi connectivity index (χ0v) is 20.9. The number of hydrogen-bond acceptors (Lipinski definition) is 5. The highest BCUT2D eigenvalue weighted by atomic mass is 127. The lowest BCUT2D eigenvalue weighted by Crippen LogP contribution is -2.39. The van der Waals surface area contributed by atoms with Gasteiger partial charge >= 0.3 is 0 Å². The minimum atomic E-state index is 0. The van der Waals surface area contributed by atoms with Crippen LogP contribution in [0.25, 0.3) is 0 Å². The molecule has 0 saturated carbocycles. The predicted molar refractivity (Wildman–Crippen MR) is 136 cm³/mol. The molecule has 1 aromatic heterocycles. The smallest absolute Gasteiger partial charge is 0.191 e. The lowest BCUT2D eigenvalue weighted by Gasteiger charge is -2.26. The zero-order chi connectivity index (χ0) is 21.0. The van der Waals surface area contributed by atoms with E-state index in [0.717, 1.165) is 68.6 Å². The van der Waals surface area contributed by atoms with E-state index in [0.29, 0.717) is 18.3 Å². The molecule has 2 heterocycles. The Labute approximate surface area is 206 Å². The van der Waals surface area contributed by atoms with Crippen molar-refractivity contribution >= 4 is 41.5 Å². The first-order valence-corrected chi connectivity index (χ1v) is 10.7. The van der Waals surface area contributed by atoms with Crippen LogP contribution in [0.15, 0.2) is 47.6 Å². The number of para-hydroxylation sites is 1. The second-order valence-corrected chi connectivity index (χ2v) is 7.39. The van der Waals surface area contributed by atoms with Crippen molar-refractivity contribution in [3.05, 3.63) is 58.9 Å².